The van der Waals surface area contributed by atoms with Crippen LogP contribution in [0, 0.1) is 6.92 Å². The van der Waals surface area contributed by atoms with Crippen LogP contribution in [0.1, 0.15) is 44.0 Å². The summed E-state index contributed by atoms with van der Waals surface area (Å²) in [6, 6.07) is 6.49. The van der Waals surface area contributed by atoms with Gasteiger partial charge in [0.25, 0.3) is 0 Å². The fourth-order valence-electron chi connectivity index (χ4n) is 3.01. The Morgan fingerprint density at radius 2 is 1.95 bits per heavy atom. The Morgan fingerprint density at radius 1 is 1.20 bits per heavy atom. The summed E-state index contributed by atoms with van der Waals surface area (Å²) in [6.45, 7) is 2.04. The van der Waals surface area contributed by atoms with Gasteiger partial charge in [-0.1, -0.05) is 19.3 Å². The van der Waals surface area contributed by atoms with Crippen molar-refractivity contribution in [3.63, 3.8) is 0 Å². The van der Waals surface area contributed by atoms with Crippen LogP contribution >= 0.6 is 15.9 Å². The van der Waals surface area contributed by atoms with Crippen LogP contribution in [0.2, 0.25) is 0 Å². The van der Waals surface area contributed by atoms with E-state index in [1.807, 2.05) is 25.1 Å². The van der Waals surface area contributed by atoms with Crippen molar-refractivity contribution < 1.29 is 0 Å². The van der Waals surface area contributed by atoms with Gasteiger partial charge in [0, 0.05) is 21.8 Å². The molecule has 1 aliphatic rings. The summed E-state index contributed by atoms with van der Waals surface area (Å²) in [6.07, 6.45) is 6.39. The molecule has 3 rings (SSSR count). The van der Waals surface area contributed by atoms with Gasteiger partial charge in [-0.05, 0) is 53.9 Å². The van der Waals surface area contributed by atoms with Gasteiger partial charge in [0.1, 0.15) is 5.82 Å². The van der Waals surface area contributed by atoms with Gasteiger partial charge < -0.3 is 10.3 Å². The average Bonchev–Trinajstić information content (AvgIpc) is 2.85. The number of aryl methyl sites for hydroxylation is 1. The summed E-state index contributed by atoms with van der Waals surface area (Å²) in [5.41, 5.74) is 7.67. The van der Waals surface area contributed by atoms with Crippen molar-refractivity contribution in [1.82, 2.24) is 14.8 Å². The number of rotatable bonds is 2. The van der Waals surface area contributed by atoms with Crippen LogP contribution in [0.4, 0.5) is 5.69 Å². The van der Waals surface area contributed by atoms with Crippen LogP contribution in [0.15, 0.2) is 22.7 Å². The second kappa shape index (κ2) is 5.56. The number of hydrogen-bond acceptors (Lipinski definition) is 3. The number of nitrogens with two attached hydrogens (primary N) is 1. The van der Waals surface area contributed by atoms with E-state index in [4.69, 9.17) is 5.73 Å². The Hall–Kier alpha value is -1.36. The monoisotopic (exact) mass is 334 g/mol. The Kier molecular flexibility index (Phi) is 3.78. The average molecular weight is 335 g/mol. The van der Waals surface area contributed by atoms with E-state index in [9.17, 15) is 0 Å². The molecule has 5 heteroatoms. The molecular formula is C15H19BrN4. The van der Waals surface area contributed by atoms with E-state index in [1.165, 1.54) is 32.1 Å². The molecule has 1 saturated carbocycles. The van der Waals surface area contributed by atoms with Gasteiger partial charge in [-0.25, -0.2) is 0 Å². The molecule has 0 atom stereocenters. The maximum absolute atomic E-state index is 5.86. The lowest BCUT2D eigenvalue weighted by Gasteiger charge is -2.25. The molecule has 0 saturated heterocycles. The van der Waals surface area contributed by atoms with Gasteiger partial charge in [-0.3, -0.25) is 0 Å². The molecule has 106 valence electrons. The highest BCUT2D eigenvalue weighted by molar-refractivity contribution is 9.10. The molecule has 2 N–H and O–H groups in total. The standard InChI is InChI=1S/C15H19BrN4/c1-10-18-19-15(11-7-8-14(17)13(16)9-11)20(10)12-5-3-2-4-6-12/h7-9,12H,2-6,17H2,1H3. The third kappa shape index (κ3) is 2.46. The minimum atomic E-state index is 0.532. The maximum atomic E-state index is 5.86. The number of aromatic nitrogens is 3. The molecule has 1 aromatic carbocycles. The summed E-state index contributed by atoms with van der Waals surface area (Å²) in [5.74, 6) is 1.95. The molecule has 0 spiro atoms. The first-order valence-electron chi connectivity index (χ1n) is 7.13. The van der Waals surface area contributed by atoms with E-state index in [-0.39, 0.29) is 0 Å². The maximum Gasteiger partial charge on any atom is 0.164 e. The molecule has 1 heterocycles. The molecule has 1 aromatic heterocycles. The van der Waals surface area contributed by atoms with Crippen LogP contribution in [-0.2, 0) is 0 Å². The number of benzene rings is 1. The Bertz CT molecular complexity index is 614. The van der Waals surface area contributed by atoms with Crippen LogP contribution in [0.25, 0.3) is 11.4 Å². The van der Waals surface area contributed by atoms with Crippen LogP contribution in [-0.4, -0.2) is 14.8 Å². The molecule has 4 nitrogen and oxygen atoms in total. The van der Waals surface area contributed by atoms with Crippen molar-refractivity contribution in [3.8, 4) is 11.4 Å². The zero-order chi connectivity index (χ0) is 14.1. The molecule has 0 radical (unpaired) electrons. The summed E-state index contributed by atoms with van der Waals surface area (Å²) in [5, 5.41) is 8.67. The first-order valence-corrected chi connectivity index (χ1v) is 7.93. The largest absolute Gasteiger partial charge is 0.398 e. The van der Waals surface area contributed by atoms with E-state index in [1.54, 1.807) is 0 Å². The molecule has 20 heavy (non-hydrogen) atoms. The minimum absolute atomic E-state index is 0.532. The van der Waals surface area contributed by atoms with Gasteiger partial charge >= 0.3 is 0 Å². The zero-order valence-electron chi connectivity index (χ0n) is 11.6. The molecule has 2 aromatic rings. The lowest BCUT2D eigenvalue weighted by molar-refractivity contribution is 0.350. The molecule has 0 unspecified atom stereocenters. The number of hydrogen-bond donors (Lipinski definition) is 1. The Morgan fingerprint density at radius 3 is 2.65 bits per heavy atom. The third-order valence-corrected chi connectivity index (χ3v) is 4.75. The van der Waals surface area contributed by atoms with E-state index in [2.05, 4.69) is 30.7 Å². The highest BCUT2D eigenvalue weighted by Gasteiger charge is 2.21. The van der Waals surface area contributed by atoms with Crippen LogP contribution in [0.3, 0.4) is 0 Å². The fraction of sp³-hybridized carbons (Fsp3) is 0.467. The van der Waals surface area contributed by atoms with Crippen LogP contribution in [0.5, 0.6) is 0 Å². The van der Waals surface area contributed by atoms with Gasteiger partial charge in [-0.2, -0.15) is 0 Å². The second-order valence-corrected chi connectivity index (χ2v) is 6.32. The summed E-state index contributed by atoms with van der Waals surface area (Å²) in [4.78, 5) is 0. The summed E-state index contributed by atoms with van der Waals surface area (Å²) >= 11 is 3.49. The minimum Gasteiger partial charge on any atom is -0.398 e. The Balaban J connectivity index is 2.03. The van der Waals surface area contributed by atoms with Gasteiger partial charge in [-0.15, -0.1) is 10.2 Å². The quantitative estimate of drug-likeness (QED) is 0.841. The number of nitrogens with zero attached hydrogens (tertiary/aromatic N) is 3. The topological polar surface area (TPSA) is 56.7 Å². The van der Waals surface area contributed by atoms with Crippen molar-refractivity contribution in [2.45, 2.75) is 45.1 Å². The SMILES string of the molecule is Cc1nnc(-c2ccc(N)c(Br)c2)n1C1CCCCC1. The lowest BCUT2D eigenvalue weighted by Crippen LogP contribution is -2.15. The zero-order valence-corrected chi connectivity index (χ0v) is 13.2. The normalized spacial score (nSPS) is 16.5. The second-order valence-electron chi connectivity index (χ2n) is 5.47. The van der Waals surface area contributed by atoms with E-state index in [0.717, 1.165) is 27.4 Å². The van der Waals surface area contributed by atoms with Crippen molar-refractivity contribution in [3.05, 3.63) is 28.5 Å². The van der Waals surface area contributed by atoms with Gasteiger partial charge in [0.2, 0.25) is 0 Å². The van der Waals surface area contributed by atoms with E-state index >= 15 is 0 Å². The summed E-state index contributed by atoms with van der Waals surface area (Å²) in [7, 11) is 0. The number of nitrogen functional groups attached to an aromatic ring is 1. The molecule has 0 aliphatic heterocycles. The van der Waals surface area contributed by atoms with Crippen molar-refractivity contribution in [2.24, 2.45) is 0 Å². The molecule has 1 fully saturated rings. The first kappa shape index (κ1) is 13.6. The number of halogens is 1. The third-order valence-electron chi connectivity index (χ3n) is 4.06. The van der Waals surface area contributed by atoms with Crippen LogP contribution < -0.4 is 5.73 Å². The van der Waals surface area contributed by atoms with Crippen molar-refractivity contribution in [2.75, 3.05) is 5.73 Å². The van der Waals surface area contributed by atoms with E-state index < -0.39 is 0 Å². The molecule has 0 amide bonds. The molecule has 0 bridgehead atoms. The molecular weight excluding hydrogens is 316 g/mol. The predicted molar refractivity (Wildman–Crippen MR) is 84.4 cm³/mol. The van der Waals surface area contributed by atoms with Gasteiger partial charge in [0.05, 0.1) is 0 Å². The highest BCUT2D eigenvalue weighted by atomic mass is 79.9. The smallest absolute Gasteiger partial charge is 0.164 e. The summed E-state index contributed by atoms with van der Waals surface area (Å²) < 4.78 is 3.21. The van der Waals surface area contributed by atoms with Gasteiger partial charge in [0.15, 0.2) is 5.82 Å². The predicted octanol–water partition coefficient (Wildman–Crippen LogP) is 4.10. The molecule has 1 aliphatic carbocycles. The van der Waals surface area contributed by atoms with E-state index in [0.29, 0.717) is 6.04 Å². The Labute approximate surface area is 127 Å². The highest BCUT2D eigenvalue weighted by Crippen LogP contribution is 2.34. The van der Waals surface area contributed by atoms with Crippen molar-refractivity contribution in [1.29, 1.82) is 0 Å². The first-order chi connectivity index (χ1) is 9.66. The van der Waals surface area contributed by atoms with Crippen molar-refractivity contribution >= 4 is 21.6 Å². The fourth-order valence-corrected chi connectivity index (χ4v) is 3.39. The lowest BCUT2D eigenvalue weighted by atomic mass is 9.95. The number of anilines is 1.